The number of carboxylic acid groups (broad SMARTS) is 1. The van der Waals surface area contributed by atoms with Gasteiger partial charge >= 0.3 is 5.97 Å². The average molecular weight is 358 g/mol. The van der Waals surface area contributed by atoms with Crippen LogP contribution in [0.5, 0.6) is 5.75 Å². The van der Waals surface area contributed by atoms with Gasteiger partial charge in [-0.3, -0.25) is 4.79 Å². The Labute approximate surface area is 141 Å². The highest BCUT2D eigenvalue weighted by atomic mass is 32.2. The van der Waals surface area contributed by atoms with Crippen LogP contribution in [0.25, 0.3) is 0 Å². The van der Waals surface area contributed by atoms with Gasteiger partial charge in [0, 0.05) is 7.05 Å². The second-order valence-corrected chi connectivity index (χ2v) is 7.56. The van der Waals surface area contributed by atoms with Gasteiger partial charge in [0.05, 0.1) is 18.3 Å². The number of carbonyl (C=O) groups is 2. The van der Waals surface area contributed by atoms with E-state index >= 15 is 0 Å². The summed E-state index contributed by atoms with van der Waals surface area (Å²) in [5, 5.41) is 11.3. The van der Waals surface area contributed by atoms with Gasteiger partial charge in [-0.25, -0.2) is 13.2 Å². The molecule has 0 saturated heterocycles. The zero-order chi connectivity index (χ0) is 18.3. The quantitative estimate of drug-likeness (QED) is 0.669. The first kappa shape index (κ1) is 19.9. The lowest BCUT2D eigenvalue weighted by molar-refractivity contribution is -0.139. The van der Waals surface area contributed by atoms with Crippen molar-refractivity contribution in [2.24, 2.45) is 0 Å². The molecule has 0 aliphatic carbocycles. The topological polar surface area (TPSA) is 113 Å². The molecule has 2 N–H and O–H groups in total. The van der Waals surface area contributed by atoms with Crippen molar-refractivity contribution in [3.05, 3.63) is 29.8 Å². The van der Waals surface area contributed by atoms with Gasteiger partial charge in [-0.2, -0.15) is 4.31 Å². The van der Waals surface area contributed by atoms with Crippen molar-refractivity contribution in [3.63, 3.8) is 0 Å². The van der Waals surface area contributed by atoms with Crippen molar-refractivity contribution < 1.29 is 27.9 Å². The Morgan fingerprint density at radius 1 is 1.29 bits per heavy atom. The minimum Gasteiger partial charge on any atom is -0.482 e. The number of nitrogens with one attached hydrogen (secondary N) is 1. The van der Waals surface area contributed by atoms with E-state index in [4.69, 9.17) is 9.84 Å². The molecular weight excluding hydrogens is 336 g/mol. The highest BCUT2D eigenvalue weighted by Gasteiger charge is 2.19. The average Bonchev–Trinajstić information content (AvgIpc) is 2.53. The molecule has 134 valence electrons. The standard InChI is InChI=1S/C15H22N2O6S/c1-4-24(21,22)17(3)9-14(18)16-11(2)12-5-7-13(8-6-12)23-10-15(19)20/h5-8,11H,4,9-10H2,1-3H3,(H,16,18)(H,19,20). The van der Waals surface area contributed by atoms with Gasteiger partial charge in [-0.1, -0.05) is 12.1 Å². The van der Waals surface area contributed by atoms with Crippen molar-refractivity contribution in [1.29, 1.82) is 0 Å². The number of carboxylic acids is 1. The zero-order valence-electron chi connectivity index (χ0n) is 13.9. The number of rotatable bonds is 9. The monoisotopic (exact) mass is 358 g/mol. The first-order valence-corrected chi connectivity index (χ1v) is 8.94. The van der Waals surface area contributed by atoms with E-state index in [0.717, 1.165) is 9.87 Å². The van der Waals surface area contributed by atoms with Crippen LogP contribution in [0.3, 0.4) is 0 Å². The van der Waals surface area contributed by atoms with E-state index in [0.29, 0.717) is 5.75 Å². The summed E-state index contributed by atoms with van der Waals surface area (Å²) in [5.41, 5.74) is 0.784. The Morgan fingerprint density at radius 2 is 1.88 bits per heavy atom. The van der Waals surface area contributed by atoms with Crippen LogP contribution >= 0.6 is 0 Å². The number of ether oxygens (including phenoxy) is 1. The maximum atomic E-state index is 11.9. The Hall–Kier alpha value is -2.13. The molecule has 1 unspecified atom stereocenters. The first-order chi connectivity index (χ1) is 11.2. The van der Waals surface area contributed by atoms with Crippen LogP contribution < -0.4 is 10.1 Å². The highest BCUT2D eigenvalue weighted by Crippen LogP contribution is 2.17. The smallest absolute Gasteiger partial charge is 0.341 e. The Kier molecular flexibility index (Phi) is 7.18. The van der Waals surface area contributed by atoms with Crippen LogP contribution in [0.15, 0.2) is 24.3 Å². The number of amides is 1. The van der Waals surface area contributed by atoms with Crippen LogP contribution in [-0.2, 0) is 19.6 Å². The lowest BCUT2D eigenvalue weighted by Gasteiger charge is -2.19. The molecule has 1 rings (SSSR count). The van der Waals surface area contributed by atoms with Crippen LogP contribution in [0.2, 0.25) is 0 Å². The van der Waals surface area contributed by atoms with E-state index in [9.17, 15) is 18.0 Å². The maximum absolute atomic E-state index is 11.9. The van der Waals surface area contributed by atoms with E-state index in [1.807, 2.05) is 0 Å². The first-order valence-electron chi connectivity index (χ1n) is 7.33. The van der Waals surface area contributed by atoms with Crippen molar-refractivity contribution >= 4 is 21.9 Å². The Balaban J connectivity index is 2.59. The number of hydrogen-bond acceptors (Lipinski definition) is 5. The third-order valence-corrected chi connectivity index (χ3v) is 5.13. The number of sulfonamides is 1. The molecule has 1 amide bonds. The number of benzene rings is 1. The molecule has 0 aromatic heterocycles. The molecule has 0 spiro atoms. The molecule has 9 heteroatoms. The maximum Gasteiger partial charge on any atom is 0.341 e. The summed E-state index contributed by atoms with van der Waals surface area (Å²) in [5.74, 6) is -1.13. The normalized spacial score (nSPS) is 12.7. The van der Waals surface area contributed by atoms with Gasteiger partial charge in [0.15, 0.2) is 6.61 Å². The molecular formula is C15H22N2O6S. The summed E-state index contributed by atoms with van der Waals surface area (Å²) in [7, 11) is -2.05. The largest absolute Gasteiger partial charge is 0.482 e. The summed E-state index contributed by atoms with van der Waals surface area (Å²) >= 11 is 0. The minimum absolute atomic E-state index is 0.0653. The zero-order valence-corrected chi connectivity index (χ0v) is 14.7. The third-order valence-electron chi connectivity index (χ3n) is 3.33. The van der Waals surface area contributed by atoms with E-state index in [1.165, 1.54) is 14.0 Å². The lowest BCUT2D eigenvalue weighted by atomic mass is 10.1. The molecule has 1 atom stereocenters. The lowest BCUT2D eigenvalue weighted by Crippen LogP contribution is -2.39. The van der Waals surface area contributed by atoms with Gasteiger partial charge in [-0.15, -0.1) is 0 Å². The Bertz CT molecular complexity index is 672. The molecule has 24 heavy (non-hydrogen) atoms. The number of carbonyl (C=O) groups excluding carboxylic acids is 1. The number of aliphatic carboxylic acids is 1. The molecule has 1 aromatic rings. The third kappa shape index (κ3) is 6.17. The van der Waals surface area contributed by atoms with E-state index in [2.05, 4.69) is 5.32 Å². The molecule has 0 aliphatic heterocycles. The number of likely N-dealkylation sites (N-methyl/N-ethyl adjacent to an activating group) is 1. The SMILES string of the molecule is CCS(=O)(=O)N(C)CC(=O)NC(C)c1ccc(OCC(=O)O)cc1. The van der Waals surface area contributed by atoms with Gasteiger partial charge in [0.25, 0.3) is 0 Å². The summed E-state index contributed by atoms with van der Waals surface area (Å²) in [4.78, 5) is 22.4. The number of nitrogens with zero attached hydrogens (tertiary/aromatic N) is 1. The second-order valence-electron chi connectivity index (χ2n) is 5.20. The van der Waals surface area contributed by atoms with Crippen LogP contribution in [-0.4, -0.2) is 55.7 Å². The minimum atomic E-state index is -3.40. The summed E-state index contributed by atoms with van der Waals surface area (Å²) in [6, 6.07) is 6.29. The van der Waals surface area contributed by atoms with Crippen LogP contribution in [0.4, 0.5) is 0 Å². The molecule has 0 fully saturated rings. The van der Waals surface area contributed by atoms with Gasteiger partial charge in [0.2, 0.25) is 15.9 Å². The van der Waals surface area contributed by atoms with E-state index in [1.54, 1.807) is 31.2 Å². The van der Waals surface area contributed by atoms with Crippen molar-refractivity contribution in [2.75, 3.05) is 26.0 Å². The van der Waals surface area contributed by atoms with Gasteiger partial charge in [0.1, 0.15) is 5.75 Å². The molecule has 0 aliphatic rings. The fraction of sp³-hybridized carbons (Fsp3) is 0.467. The van der Waals surface area contributed by atoms with E-state index in [-0.39, 0.29) is 18.3 Å². The van der Waals surface area contributed by atoms with Crippen molar-refractivity contribution in [3.8, 4) is 5.75 Å². The predicted molar refractivity (Wildman–Crippen MR) is 88.2 cm³/mol. The van der Waals surface area contributed by atoms with E-state index < -0.39 is 28.5 Å². The highest BCUT2D eigenvalue weighted by molar-refractivity contribution is 7.89. The van der Waals surface area contributed by atoms with Gasteiger partial charge < -0.3 is 15.2 Å². The fourth-order valence-electron chi connectivity index (χ4n) is 1.89. The molecule has 0 bridgehead atoms. The van der Waals surface area contributed by atoms with Crippen LogP contribution in [0.1, 0.15) is 25.5 Å². The Morgan fingerprint density at radius 3 is 2.38 bits per heavy atom. The van der Waals surface area contributed by atoms with Crippen LogP contribution in [0, 0.1) is 0 Å². The molecule has 0 heterocycles. The second kappa shape index (κ2) is 8.65. The fourth-order valence-corrected chi connectivity index (χ4v) is 2.64. The molecule has 1 aromatic carbocycles. The summed E-state index contributed by atoms with van der Waals surface area (Å²) in [6.07, 6.45) is 0. The predicted octanol–water partition coefficient (Wildman–Crippen LogP) is 0.609. The van der Waals surface area contributed by atoms with Gasteiger partial charge in [-0.05, 0) is 31.5 Å². The van der Waals surface area contributed by atoms with Crippen molar-refractivity contribution in [2.45, 2.75) is 19.9 Å². The molecule has 0 saturated carbocycles. The summed E-state index contributed by atoms with van der Waals surface area (Å²) in [6.45, 7) is 2.60. The summed E-state index contributed by atoms with van der Waals surface area (Å²) < 4.78 is 29.3. The molecule has 0 radical (unpaired) electrons. The molecule has 8 nitrogen and oxygen atoms in total. The number of hydrogen-bond donors (Lipinski definition) is 2. The van der Waals surface area contributed by atoms with Crippen molar-refractivity contribution in [1.82, 2.24) is 9.62 Å².